The lowest BCUT2D eigenvalue weighted by atomic mass is 10.2. The Labute approximate surface area is 104 Å². The first kappa shape index (κ1) is 11.8. The van der Waals surface area contributed by atoms with E-state index >= 15 is 0 Å². The van der Waals surface area contributed by atoms with Gasteiger partial charge in [-0.15, -0.1) is 11.3 Å². The number of aryl methyl sites for hydroxylation is 1. The molecule has 0 unspecified atom stereocenters. The van der Waals surface area contributed by atoms with E-state index in [2.05, 4.69) is 9.72 Å². The molecule has 1 aromatic carbocycles. The quantitative estimate of drug-likeness (QED) is 0.780. The Bertz CT molecular complexity index is 493. The number of hydrogen-bond acceptors (Lipinski definition) is 4. The van der Waals surface area contributed by atoms with E-state index in [-0.39, 0.29) is 5.97 Å². The summed E-state index contributed by atoms with van der Waals surface area (Å²) in [6.45, 7) is 0. The van der Waals surface area contributed by atoms with Crippen molar-refractivity contribution < 1.29 is 9.53 Å². The van der Waals surface area contributed by atoms with E-state index in [4.69, 9.17) is 0 Å². The lowest BCUT2D eigenvalue weighted by molar-refractivity contribution is -0.140. The van der Waals surface area contributed by atoms with E-state index in [0.29, 0.717) is 12.8 Å². The predicted molar refractivity (Wildman–Crippen MR) is 67.9 cm³/mol. The zero-order valence-corrected chi connectivity index (χ0v) is 10.4. The van der Waals surface area contributed by atoms with Crippen LogP contribution >= 0.6 is 11.3 Å². The Hall–Kier alpha value is -1.68. The molecule has 0 radical (unpaired) electrons. The number of thiazole rings is 1. The Morgan fingerprint density at radius 3 is 2.82 bits per heavy atom. The fourth-order valence-electron chi connectivity index (χ4n) is 1.48. The van der Waals surface area contributed by atoms with Crippen molar-refractivity contribution in [3.8, 4) is 11.3 Å². The number of rotatable bonds is 4. The van der Waals surface area contributed by atoms with Crippen LogP contribution in [0.2, 0.25) is 0 Å². The van der Waals surface area contributed by atoms with Crippen LogP contribution in [-0.2, 0) is 16.0 Å². The molecule has 0 spiro atoms. The summed E-state index contributed by atoms with van der Waals surface area (Å²) in [4.78, 5) is 15.5. The summed E-state index contributed by atoms with van der Waals surface area (Å²) in [5, 5.41) is 2.98. The number of benzene rings is 1. The number of nitrogens with zero attached hydrogens (tertiary/aromatic N) is 1. The lowest BCUT2D eigenvalue weighted by Gasteiger charge is -1.96. The molecule has 1 heterocycles. The number of methoxy groups -OCH3 is 1. The topological polar surface area (TPSA) is 39.2 Å². The number of carbonyl (C=O) groups excluding carboxylic acids is 1. The largest absolute Gasteiger partial charge is 0.469 e. The highest BCUT2D eigenvalue weighted by molar-refractivity contribution is 7.09. The Kier molecular flexibility index (Phi) is 3.88. The molecule has 0 fully saturated rings. The standard InChI is InChI=1S/C13H13NO2S/c1-16-13(15)8-7-12-14-11(9-17-12)10-5-3-2-4-6-10/h2-6,9H,7-8H2,1H3. The van der Waals surface area contributed by atoms with Crippen LogP contribution in [-0.4, -0.2) is 18.1 Å². The Balaban J connectivity index is 2.04. The lowest BCUT2D eigenvalue weighted by Crippen LogP contribution is -2.01. The first-order valence-corrected chi connectivity index (χ1v) is 6.24. The van der Waals surface area contributed by atoms with Crippen LogP contribution in [0.5, 0.6) is 0 Å². The molecule has 0 atom stereocenters. The van der Waals surface area contributed by atoms with Gasteiger partial charge in [-0.1, -0.05) is 30.3 Å². The van der Waals surface area contributed by atoms with Crippen molar-refractivity contribution in [3.05, 3.63) is 40.7 Å². The molecule has 88 valence electrons. The number of esters is 1. The van der Waals surface area contributed by atoms with Gasteiger partial charge in [-0.05, 0) is 0 Å². The normalized spacial score (nSPS) is 10.2. The van der Waals surface area contributed by atoms with E-state index in [9.17, 15) is 4.79 Å². The first-order chi connectivity index (χ1) is 8.29. The summed E-state index contributed by atoms with van der Waals surface area (Å²) in [5.41, 5.74) is 2.07. The second-order valence-corrected chi connectivity index (χ2v) is 4.51. The third kappa shape index (κ3) is 3.14. The summed E-state index contributed by atoms with van der Waals surface area (Å²) in [7, 11) is 1.40. The van der Waals surface area contributed by atoms with E-state index in [1.807, 2.05) is 35.7 Å². The third-order valence-electron chi connectivity index (χ3n) is 2.39. The van der Waals surface area contributed by atoms with E-state index in [0.717, 1.165) is 16.3 Å². The van der Waals surface area contributed by atoms with Crippen LogP contribution < -0.4 is 0 Å². The second kappa shape index (κ2) is 5.59. The van der Waals surface area contributed by atoms with Gasteiger partial charge in [0.1, 0.15) is 0 Å². The van der Waals surface area contributed by atoms with Gasteiger partial charge in [-0.2, -0.15) is 0 Å². The van der Waals surface area contributed by atoms with Gasteiger partial charge in [0.15, 0.2) is 0 Å². The minimum absolute atomic E-state index is 0.193. The maximum atomic E-state index is 11.0. The fraction of sp³-hybridized carbons (Fsp3) is 0.231. The molecule has 0 aliphatic heterocycles. The summed E-state index contributed by atoms with van der Waals surface area (Å²) < 4.78 is 4.60. The van der Waals surface area contributed by atoms with Crippen molar-refractivity contribution in [3.63, 3.8) is 0 Å². The van der Waals surface area contributed by atoms with Crippen molar-refractivity contribution in [1.29, 1.82) is 0 Å². The number of hydrogen-bond donors (Lipinski definition) is 0. The van der Waals surface area contributed by atoms with Crippen LogP contribution in [0.1, 0.15) is 11.4 Å². The Morgan fingerprint density at radius 2 is 2.12 bits per heavy atom. The van der Waals surface area contributed by atoms with Gasteiger partial charge in [-0.3, -0.25) is 4.79 Å². The molecule has 2 rings (SSSR count). The van der Waals surface area contributed by atoms with Gasteiger partial charge >= 0.3 is 5.97 Å². The van der Waals surface area contributed by atoms with E-state index < -0.39 is 0 Å². The molecule has 0 aliphatic rings. The molecule has 0 aliphatic carbocycles. The zero-order valence-electron chi connectivity index (χ0n) is 9.55. The predicted octanol–water partition coefficient (Wildman–Crippen LogP) is 2.92. The molecule has 2 aromatic rings. The molecule has 0 saturated heterocycles. The van der Waals surface area contributed by atoms with Gasteiger partial charge in [-0.25, -0.2) is 4.98 Å². The fourth-order valence-corrected chi connectivity index (χ4v) is 2.29. The molecule has 0 saturated carbocycles. The summed E-state index contributed by atoms with van der Waals surface area (Å²) >= 11 is 1.58. The third-order valence-corrected chi connectivity index (χ3v) is 3.30. The van der Waals surface area contributed by atoms with Crippen molar-refractivity contribution >= 4 is 17.3 Å². The second-order valence-electron chi connectivity index (χ2n) is 3.57. The highest BCUT2D eigenvalue weighted by Crippen LogP contribution is 2.22. The van der Waals surface area contributed by atoms with Crippen LogP contribution in [0.3, 0.4) is 0 Å². The van der Waals surface area contributed by atoms with Crippen LogP contribution in [0, 0.1) is 0 Å². The average Bonchev–Trinajstić information content (AvgIpc) is 2.86. The minimum atomic E-state index is -0.193. The van der Waals surface area contributed by atoms with Crippen molar-refractivity contribution in [1.82, 2.24) is 4.98 Å². The molecule has 3 nitrogen and oxygen atoms in total. The molecule has 4 heteroatoms. The van der Waals surface area contributed by atoms with Crippen LogP contribution in [0.15, 0.2) is 35.7 Å². The smallest absolute Gasteiger partial charge is 0.305 e. The van der Waals surface area contributed by atoms with Gasteiger partial charge in [0.25, 0.3) is 0 Å². The van der Waals surface area contributed by atoms with E-state index in [1.165, 1.54) is 7.11 Å². The van der Waals surface area contributed by atoms with Crippen LogP contribution in [0.25, 0.3) is 11.3 Å². The number of carbonyl (C=O) groups is 1. The highest BCUT2D eigenvalue weighted by atomic mass is 32.1. The van der Waals surface area contributed by atoms with Gasteiger partial charge in [0.05, 0.1) is 24.2 Å². The molecule has 17 heavy (non-hydrogen) atoms. The molecule has 0 N–H and O–H groups in total. The van der Waals surface area contributed by atoms with Crippen molar-refractivity contribution in [2.75, 3.05) is 7.11 Å². The highest BCUT2D eigenvalue weighted by Gasteiger charge is 2.06. The SMILES string of the molecule is COC(=O)CCc1nc(-c2ccccc2)cs1. The summed E-state index contributed by atoms with van der Waals surface area (Å²) in [6, 6.07) is 10.0. The summed E-state index contributed by atoms with van der Waals surface area (Å²) in [6.07, 6.45) is 1.03. The van der Waals surface area contributed by atoms with Gasteiger partial charge in [0, 0.05) is 17.4 Å². The molecular weight excluding hydrogens is 234 g/mol. The Morgan fingerprint density at radius 1 is 1.35 bits per heavy atom. The van der Waals surface area contributed by atoms with Crippen LogP contribution in [0.4, 0.5) is 0 Å². The zero-order chi connectivity index (χ0) is 12.1. The average molecular weight is 247 g/mol. The number of aromatic nitrogens is 1. The summed E-state index contributed by atoms with van der Waals surface area (Å²) in [5.74, 6) is -0.193. The van der Waals surface area contributed by atoms with Crippen molar-refractivity contribution in [2.24, 2.45) is 0 Å². The molecule has 1 aromatic heterocycles. The maximum Gasteiger partial charge on any atom is 0.305 e. The van der Waals surface area contributed by atoms with Crippen molar-refractivity contribution in [2.45, 2.75) is 12.8 Å². The molecule has 0 bridgehead atoms. The first-order valence-electron chi connectivity index (χ1n) is 5.36. The minimum Gasteiger partial charge on any atom is -0.469 e. The maximum absolute atomic E-state index is 11.0. The molecular formula is C13H13NO2S. The van der Waals surface area contributed by atoms with Gasteiger partial charge < -0.3 is 4.74 Å². The van der Waals surface area contributed by atoms with Gasteiger partial charge in [0.2, 0.25) is 0 Å². The number of ether oxygens (including phenoxy) is 1. The van der Waals surface area contributed by atoms with E-state index in [1.54, 1.807) is 11.3 Å². The molecule has 0 amide bonds. The monoisotopic (exact) mass is 247 g/mol.